The zero-order valence-corrected chi connectivity index (χ0v) is 13.0. The second-order valence-corrected chi connectivity index (χ2v) is 5.69. The Bertz CT molecular complexity index is 1080. The SMILES string of the molecule is CC(=O)Oc1ccc2ccc3c(C)c4ccccc4nc3c2c1. The minimum absolute atomic E-state index is 0.320. The van der Waals surface area contributed by atoms with Crippen LogP contribution in [0.2, 0.25) is 0 Å². The van der Waals surface area contributed by atoms with Crippen LogP contribution in [0.15, 0.2) is 54.6 Å². The van der Waals surface area contributed by atoms with Gasteiger partial charge in [-0.05, 0) is 36.1 Å². The van der Waals surface area contributed by atoms with Crippen molar-refractivity contribution in [2.45, 2.75) is 13.8 Å². The lowest BCUT2D eigenvalue weighted by Gasteiger charge is -2.10. The maximum absolute atomic E-state index is 11.2. The van der Waals surface area contributed by atoms with Crippen LogP contribution in [0.1, 0.15) is 12.5 Å². The van der Waals surface area contributed by atoms with Gasteiger partial charge in [-0.15, -0.1) is 0 Å². The van der Waals surface area contributed by atoms with Gasteiger partial charge < -0.3 is 4.74 Å². The largest absolute Gasteiger partial charge is 0.427 e. The Morgan fingerprint density at radius 3 is 2.57 bits per heavy atom. The Morgan fingerprint density at radius 1 is 0.957 bits per heavy atom. The highest BCUT2D eigenvalue weighted by Gasteiger charge is 2.09. The van der Waals surface area contributed by atoms with E-state index in [9.17, 15) is 4.79 Å². The van der Waals surface area contributed by atoms with Crippen molar-refractivity contribution in [3.63, 3.8) is 0 Å². The first-order valence-corrected chi connectivity index (χ1v) is 7.54. The van der Waals surface area contributed by atoms with Crippen molar-refractivity contribution in [2.24, 2.45) is 0 Å². The molecule has 4 aromatic rings. The summed E-state index contributed by atoms with van der Waals surface area (Å²) in [5.41, 5.74) is 3.13. The first kappa shape index (κ1) is 13.7. The van der Waals surface area contributed by atoms with Crippen LogP contribution in [0.4, 0.5) is 0 Å². The fourth-order valence-electron chi connectivity index (χ4n) is 3.09. The third-order valence-electron chi connectivity index (χ3n) is 4.17. The zero-order chi connectivity index (χ0) is 16.0. The monoisotopic (exact) mass is 301 g/mol. The number of hydrogen-bond acceptors (Lipinski definition) is 3. The highest BCUT2D eigenvalue weighted by atomic mass is 16.5. The topological polar surface area (TPSA) is 39.2 Å². The Balaban J connectivity index is 2.11. The number of ether oxygens (including phenoxy) is 1. The van der Waals surface area contributed by atoms with Crippen LogP contribution in [0.25, 0.3) is 32.6 Å². The van der Waals surface area contributed by atoms with Crippen LogP contribution in [0.3, 0.4) is 0 Å². The fourth-order valence-corrected chi connectivity index (χ4v) is 3.09. The number of fused-ring (bicyclic) bond motifs is 4. The number of hydrogen-bond donors (Lipinski definition) is 0. The summed E-state index contributed by atoms with van der Waals surface area (Å²) in [7, 11) is 0. The van der Waals surface area contributed by atoms with Gasteiger partial charge >= 0.3 is 5.97 Å². The number of carbonyl (C=O) groups excluding carboxylic acids is 1. The standard InChI is InChI=1S/C20H15NO2/c1-12-16-5-3-4-6-19(16)21-20-17(12)10-8-14-7-9-15(11-18(14)20)23-13(2)22/h3-11H,1-2H3. The Kier molecular flexibility index (Phi) is 3.01. The number of esters is 1. The number of rotatable bonds is 1. The molecule has 0 unspecified atom stereocenters. The van der Waals surface area contributed by atoms with E-state index in [1.54, 1.807) is 0 Å². The highest BCUT2D eigenvalue weighted by molar-refractivity contribution is 6.10. The van der Waals surface area contributed by atoms with Crippen molar-refractivity contribution in [1.82, 2.24) is 4.98 Å². The molecule has 3 heteroatoms. The van der Waals surface area contributed by atoms with Gasteiger partial charge in [0.25, 0.3) is 0 Å². The Morgan fingerprint density at radius 2 is 1.74 bits per heavy atom. The van der Waals surface area contributed by atoms with Gasteiger partial charge in [-0.25, -0.2) is 4.98 Å². The van der Waals surface area contributed by atoms with E-state index in [-0.39, 0.29) is 5.97 Å². The molecule has 0 saturated carbocycles. The van der Waals surface area contributed by atoms with Gasteiger partial charge in [-0.1, -0.05) is 36.4 Å². The van der Waals surface area contributed by atoms with E-state index >= 15 is 0 Å². The summed E-state index contributed by atoms with van der Waals surface area (Å²) in [6, 6.07) is 18.0. The molecule has 0 atom stereocenters. The van der Waals surface area contributed by atoms with Crippen LogP contribution in [-0.2, 0) is 4.79 Å². The van der Waals surface area contributed by atoms with Gasteiger partial charge in [0.2, 0.25) is 0 Å². The summed E-state index contributed by atoms with van der Waals surface area (Å²) in [6.07, 6.45) is 0. The zero-order valence-electron chi connectivity index (χ0n) is 13.0. The number of pyridine rings is 1. The summed E-state index contributed by atoms with van der Waals surface area (Å²) in [6.45, 7) is 3.53. The molecule has 0 saturated heterocycles. The van der Waals surface area contributed by atoms with E-state index in [1.807, 2.05) is 36.4 Å². The fraction of sp³-hybridized carbons (Fsp3) is 0.100. The van der Waals surface area contributed by atoms with Gasteiger partial charge in [-0.3, -0.25) is 4.79 Å². The highest BCUT2D eigenvalue weighted by Crippen LogP contribution is 2.32. The molecule has 1 heterocycles. The van der Waals surface area contributed by atoms with E-state index in [2.05, 4.69) is 25.1 Å². The molecule has 3 aromatic carbocycles. The molecule has 0 bridgehead atoms. The molecular weight excluding hydrogens is 286 g/mol. The van der Waals surface area contributed by atoms with E-state index < -0.39 is 0 Å². The Hall–Kier alpha value is -2.94. The third kappa shape index (κ3) is 2.21. The molecule has 1 aromatic heterocycles. The molecule has 0 radical (unpaired) electrons. The van der Waals surface area contributed by atoms with Gasteiger partial charge in [-0.2, -0.15) is 0 Å². The van der Waals surface area contributed by atoms with E-state index in [4.69, 9.17) is 9.72 Å². The number of benzene rings is 3. The minimum Gasteiger partial charge on any atom is -0.427 e. The first-order chi connectivity index (χ1) is 11.1. The van der Waals surface area contributed by atoms with Gasteiger partial charge in [0.05, 0.1) is 11.0 Å². The second kappa shape index (κ2) is 5.06. The van der Waals surface area contributed by atoms with Crippen molar-refractivity contribution in [3.05, 3.63) is 60.2 Å². The Labute approximate surface area is 133 Å². The molecule has 0 aliphatic rings. The molecule has 23 heavy (non-hydrogen) atoms. The predicted octanol–water partition coefficient (Wildman–Crippen LogP) is 4.77. The molecular formula is C20H15NO2. The van der Waals surface area contributed by atoms with Gasteiger partial charge in [0, 0.05) is 23.1 Å². The smallest absolute Gasteiger partial charge is 0.308 e. The lowest BCUT2D eigenvalue weighted by molar-refractivity contribution is -0.131. The van der Waals surface area contributed by atoms with Crippen LogP contribution < -0.4 is 4.74 Å². The quantitative estimate of drug-likeness (QED) is 0.220. The van der Waals surface area contributed by atoms with Crippen molar-refractivity contribution in [2.75, 3.05) is 0 Å². The molecule has 0 spiro atoms. The first-order valence-electron chi connectivity index (χ1n) is 7.54. The summed E-state index contributed by atoms with van der Waals surface area (Å²) in [5.74, 6) is 0.226. The van der Waals surface area contributed by atoms with Gasteiger partial charge in [0.1, 0.15) is 5.75 Å². The van der Waals surface area contributed by atoms with Crippen molar-refractivity contribution < 1.29 is 9.53 Å². The van der Waals surface area contributed by atoms with Crippen LogP contribution in [0.5, 0.6) is 5.75 Å². The van der Waals surface area contributed by atoms with E-state index in [0.29, 0.717) is 5.75 Å². The lowest BCUT2D eigenvalue weighted by Crippen LogP contribution is -2.01. The molecule has 4 rings (SSSR count). The summed E-state index contributed by atoms with van der Waals surface area (Å²) in [4.78, 5) is 16.1. The molecule has 0 aliphatic heterocycles. The molecule has 0 N–H and O–H groups in total. The lowest BCUT2D eigenvalue weighted by atomic mass is 10.00. The van der Waals surface area contributed by atoms with E-state index in [1.165, 1.54) is 12.5 Å². The predicted molar refractivity (Wildman–Crippen MR) is 92.8 cm³/mol. The van der Waals surface area contributed by atoms with Crippen LogP contribution >= 0.6 is 0 Å². The summed E-state index contributed by atoms with van der Waals surface area (Å²) < 4.78 is 5.22. The molecule has 3 nitrogen and oxygen atoms in total. The molecule has 0 aliphatic carbocycles. The van der Waals surface area contributed by atoms with Crippen molar-refractivity contribution >= 4 is 38.5 Å². The maximum Gasteiger partial charge on any atom is 0.308 e. The second-order valence-electron chi connectivity index (χ2n) is 5.69. The number of nitrogens with zero attached hydrogens (tertiary/aromatic N) is 1. The molecule has 0 amide bonds. The molecule has 0 fully saturated rings. The van der Waals surface area contributed by atoms with E-state index in [0.717, 1.165) is 32.6 Å². The normalized spacial score (nSPS) is 11.2. The maximum atomic E-state index is 11.2. The third-order valence-corrected chi connectivity index (χ3v) is 4.17. The average Bonchev–Trinajstić information content (AvgIpc) is 2.54. The van der Waals surface area contributed by atoms with Crippen LogP contribution in [0, 0.1) is 6.92 Å². The molecule has 112 valence electrons. The number of aryl methyl sites for hydroxylation is 1. The minimum atomic E-state index is -0.320. The summed E-state index contributed by atoms with van der Waals surface area (Å²) >= 11 is 0. The number of carbonyl (C=O) groups is 1. The van der Waals surface area contributed by atoms with Crippen molar-refractivity contribution in [3.8, 4) is 5.75 Å². The van der Waals surface area contributed by atoms with Crippen LogP contribution in [-0.4, -0.2) is 11.0 Å². The van der Waals surface area contributed by atoms with Crippen molar-refractivity contribution in [1.29, 1.82) is 0 Å². The number of aromatic nitrogens is 1. The summed E-state index contributed by atoms with van der Waals surface area (Å²) in [5, 5.41) is 4.36. The van der Waals surface area contributed by atoms with Gasteiger partial charge in [0.15, 0.2) is 0 Å². The average molecular weight is 301 g/mol. The number of para-hydroxylation sites is 1.